The third-order valence-electron chi connectivity index (χ3n) is 2.49. The van der Waals surface area contributed by atoms with Gasteiger partial charge in [-0.1, -0.05) is 12.2 Å². The quantitative estimate of drug-likeness (QED) is 0.765. The van der Waals surface area contributed by atoms with Crippen molar-refractivity contribution in [2.24, 2.45) is 5.73 Å². The number of carbonyl (C=O) groups is 1. The van der Waals surface area contributed by atoms with Crippen molar-refractivity contribution in [3.63, 3.8) is 0 Å². The maximum atomic E-state index is 11.9. The summed E-state index contributed by atoms with van der Waals surface area (Å²) in [5.74, 6) is -0.130. The van der Waals surface area contributed by atoms with Crippen LogP contribution in [0.5, 0.6) is 0 Å². The maximum absolute atomic E-state index is 11.9. The van der Waals surface area contributed by atoms with Crippen molar-refractivity contribution in [2.45, 2.75) is 13.5 Å². The van der Waals surface area contributed by atoms with Gasteiger partial charge in [0.2, 0.25) is 5.91 Å². The van der Waals surface area contributed by atoms with Gasteiger partial charge >= 0.3 is 0 Å². The largest absolute Gasteiger partial charge is 0.389 e. The van der Waals surface area contributed by atoms with Crippen molar-refractivity contribution >= 4 is 23.1 Å². The van der Waals surface area contributed by atoms with Crippen molar-refractivity contribution in [3.8, 4) is 0 Å². The minimum Gasteiger partial charge on any atom is -0.389 e. The Hall–Kier alpha value is -1.69. The van der Waals surface area contributed by atoms with Crippen molar-refractivity contribution in [2.75, 3.05) is 13.6 Å². The second-order valence-electron chi connectivity index (χ2n) is 3.63. The van der Waals surface area contributed by atoms with Crippen LogP contribution in [0.4, 0.5) is 0 Å². The van der Waals surface area contributed by atoms with E-state index in [-0.39, 0.29) is 28.6 Å². The molecule has 0 aliphatic carbocycles. The Labute approximate surface area is 105 Å². The van der Waals surface area contributed by atoms with E-state index in [4.69, 9.17) is 18.0 Å². The number of aromatic nitrogens is 1. The highest BCUT2D eigenvalue weighted by Gasteiger charge is 2.11. The summed E-state index contributed by atoms with van der Waals surface area (Å²) in [6.07, 6.45) is 1.55. The second kappa shape index (κ2) is 5.58. The summed E-state index contributed by atoms with van der Waals surface area (Å²) in [7, 11) is 1.69. The molecule has 1 heterocycles. The maximum Gasteiger partial charge on any atom is 0.261 e. The summed E-state index contributed by atoms with van der Waals surface area (Å²) in [4.78, 5) is 25.1. The van der Waals surface area contributed by atoms with Crippen molar-refractivity contribution in [3.05, 3.63) is 34.2 Å². The van der Waals surface area contributed by atoms with Crippen LogP contribution in [-0.2, 0) is 11.3 Å². The molecule has 2 N–H and O–H groups in total. The average Bonchev–Trinajstić information content (AvgIpc) is 2.30. The summed E-state index contributed by atoms with van der Waals surface area (Å²) >= 11 is 4.77. The highest BCUT2D eigenvalue weighted by molar-refractivity contribution is 7.80. The lowest BCUT2D eigenvalue weighted by Crippen LogP contribution is -2.35. The summed E-state index contributed by atoms with van der Waals surface area (Å²) in [6.45, 7) is 2.47. The van der Waals surface area contributed by atoms with E-state index in [2.05, 4.69) is 0 Å². The van der Waals surface area contributed by atoms with Crippen LogP contribution in [0.3, 0.4) is 0 Å². The van der Waals surface area contributed by atoms with Crippen LogP contribution in [0.15, 0.2) is 23.1 Å². The smallest absolute Gasteiger partial charge is 0.261 e. The molecule has 1 aromatic heterocycles. The molecule has 0 spiro atoms. The summed E-state index contributed by atoms with van der Waals surface area (Å²) in [5.41, 5.74) is 5.35. The van der Waals surface area contributed by atoms with E-state index in [0.717, 1.165) is 0 Å². The molecule has 0 saturated heterocycles. The van der Waals surface area contributed by atoms with E-state index in [9.17, 15) is 9.59 Å². The fraction of sp³-hybridized carbons (Fsp3) is 0.364. The first-order chi connectivity index (χ1) is 7.97. The van der Waals surface area contributed by atoms with Gasteiger partial charge in [0.05, 0.1) is 5.56 Å². The van der Waals surface area contributed by atoms with Crippen LogP contribution in [0, 0.1) is 0 Å². The lowest BCUT2D eigenvalue weighted by molar-refractivity contribution is -0.130. The van der Waals surface area contributed by atoms with Crippen LogP contribution < -0.4 is 11.3 Å². The number of pyridine rings is 1. The first kappa shape index (κ1) is 13.4. The molecule has 1 amide bonds. The number of hydrogen-bond donors (Lipinski definition) is 1. The van der Waals surface area contributed by atoms with Crippen molar-refractivity contribution < 1.29 is 4.79 Å². The molecule has 0 saturated carbocycles. The zero-order chi connectivity index (χ0) is 13.0. The molecule has 5 nitrogen and oxygen atoms in total. The summed E-state index contributed by atoms with van der Waals surface area (Å²) in [5, 5.41) is 0. The predicted molar refractivity (Wildman–Crippen MR) is 69.9 cm³/mol. The summed E-state index contributed by atoms with van der Waals surface area (Å²) < 4.78 is 1.31. The zero-order valence-corrected chi connectivity index (χ0v) is 10.7. The fourth-order valence-electron chi connectivity index (χ4n) is 1.29. The first-order valence-electron chi connectivity index (χ1n) is 5.20. The van der Waals surface area contributed by atoms with Crippen molar-refractivity contribution in [1.29, 1.82) is 0 Å². The molecule has 0 aromatic carbocycles. The molecule has 0 aliphatic rings. The van der Waals surface area contributed by atoms with Gasteiger partial charge in [-0.3, -0.25) is 9.59 Å². The van der Waals surface area contributed by atoms with Gasteiger partial charge in [-0.15, -0.1) is 0 Å². The number of hydrogen-bond acceptors (Lipinski definition) is 3. The number of nitrogens with zero attached hydrogens (tertiary/aromatic N) is 2. The van der Waals surface area contributed by atoms with Crippen LogP contribution in [-0.4, -0.2) is 34.0 Å². The molecule has 0 bridgehead atoms. The third kappa shape index (κ3) is 3.13. The number of rotatable bonds is 4. The average molecular weight is 253 g/mol. The number of carbonyl (C=O) groups excluding carboxylic acids is 1. The number of thiocarbonyl (C=S) groups is 1. The van der Waals surface area contributed by atoms with E-state index in [1.54, 1.807) is 30.3 Å². The monoisotopic (exact) mass is 253 g/mol. The lowest BCUT2D eigenvalue weighted by Gasteiger charge is -2.15. The molecule has 0 fully saturated rings. The normalized spacial score (nSPS) is 10.0. The topological polar surface area (TPSA) is 68.3 Å². The Morgan fingerprint density at radius 3 is 2.76 bits per heavy atom. The standard InChI is InChI=1S/C11H15N3O2S/c1-3-13(2)9(15)7-14-6-4-5-8(10(12)17)11(14)16/h4-6H,3,7H2,1-2H3,(H2,12,17). The molecular weight excluding hydrogens is 238 g/mol. The molecule has 17 heavy (non-hydrogen) atoms. The minimum atomic E-state index is -0.335. The Morgan fingerprint density at radius 2 is 2.24 bits per heavy atom. The molecule has 92 valence electrons. The number of nitrogens with two attached hydrogens (primary N) is 1. The van der Waals surface area contributed by atoms with Gasteiger partial charge in [0.15, 0.2) is 0 Å². The van der Waals surface area contributed by atoms with Gasteiger partial charge in [0, 0.05) is 19.8 Å². The Bertz CT molecular complexity index is 496. The molecule has 1 rings (SSSR count). The Kier molecular flexibility index (Phi) is 4.39. The van der Waals surface area contributed by atoms with E-state index >= 15 is 0 Å². The fourth-order valence-corrected chi connectivity index (χ4v) is 1.45. The molecule has 1 aromatic rings. The van der Waals surface area contributed by atoms with Gasteiger partial charge in [0.25, 0.3) is 5.56 Å². The van der Waals surface area contributed by atoms with E-state index in [1.807, 2.05) is 6.92 Å². The van der Waals surface area contributed by atoms with E-state index in [0.29, 0.717) is 6.54 Å². The van der Waals surface area contributed by atoms with Crippen LogP contribution in [0.1, 0.15) is 12.5 Å². The molecule has 0 radical (unpaired) electrons. The van der Waals surface area contributed by atoms with Crippen LogP contribution in [0.25, 0.3) is 0 Å². The SMILES string of the molecule is CCN(C)C(=O)Cn1cccc(C(N)=S)c1=O. The molecule has 0 unspecified atom stereocenters. The third-order valence-corrected chi connectivity index (χ3v) is 2.71. The van der Waals surface area contributed by atoms with Gasteiger partial charge < -0.3 is 15.2 Å². The summed E-state index contributed by atoms with van der Waals surface area (Å²) in [6, 6.07) is 3.20. The second-order valence-corrected chi connectivity index (χ2v) is 4.07. The van der Waals surface area contributed by atoms with Gasteiger partial charge in [0.1, 0.15) is 11.5 Å². The van der Waals surface area contributed by atoms with Crippen molar-refractivity contribution in [1.82, 2.24) is 9.47 Å². The Balaban J connectivity index is 3.01. The number of likely N-dealkylation sites (N-methyl/N-ethyl adjacent to an activating group) is 1. The highest BCUT2D eigenvalue weighted by Crippen LogP contribution is 1.94. The molecule has 6 heteroatoms. The lowest BCUT2D eigenvalue weighted by atomic mass is 10.3. The van der Waals surface area contributed by atoms with E-state index in [1.165, 1.54) is 4.57 Å². The minimum absolute atomic E-state index is 0.000370. The molecule has 0 atom stereocenters. The predicted octanol–water partition coefficient (Wildman–Crippen LogP) is -0.0392. The highest BCUT2D eigenvalue weighted by atomic mass is 32.1. The molecular formula is C11H15N3O2S. The number of amides is 1. The van der Waals surface area contributed by atoms with Gasteiger partial charge in [-0.25, -0.2) is 0 Å². The molecule has 0 aliphatic heterocycles. The van der Waals surface area contributed by atoms with Crippen LogP contribution in [0.2, 0.25) is 0 Å². The Morgan fingerprint density at radius 1 is 1.59 bits per heavy atom. The zero-order valence-electron chi connectivity index (χ0n) is 9.84. The van der Waals surface area contributed by atoms with Gasteiger partial charge in [-0.05, 0) is 19.1 Å². The van der Waals surface area contributed by atoms with Crippen LogP contribution >= 0.6 is 12.2 Å². The van der Waals surface area contributed by atoms with E-state index < -0.39 is 0 Å². The first-order valence-corrected chi connectivity index (χ1v) is 5.61. The van der Waals surface area contributed by atoms with Gasteiger partial charge in [-0.2, -0.15) is 0 Å².